The van der Waals surface area contributed by atoms with E-state index in [0.717, 1.165) is 12.8 Å². The summed E-state index contributed by atoms with van der Waals surface area (Å²) < 4.78 is 5.26. The summed E-state index contributed by atoms with van der Waals surface area (Å²) in [5, 5.41) is 17.7. The summed E-state index contributed by atoms with van der Waals surface area (Å²) in [6, 6.07) is -1.57. The topological polar surface area (TPSA) is 134 Å². The zero-order valence-corrected chi connectivity index (χ0v) is 21.2. The number of carbonyl (C=O) groups excluding carboxylic acids is 3. The summed E-state index contributed by atoms with van der Waals surface area (Å²) in [5.74, 6) is -1.68. The second kappa shape index (κ2) is 12.8. The first kappa shape index (κ1) is 28.7. The van der Waals surface area contributed by atoms with Gasteiger partial charge < -0.3 is 25.8 Å². The van der Waals surface area contributed by atoms with Crippen LogP contribution in [0.1, 0.15) is 80.6 Å². The molecule has 0 heterocycles. The fourth-order valence-electron chi connectivity index (χ4n) is 3.91. The summed E-state index contributed by atoms with van der Waals surface area (Å²) in [6.07, 6.45) is 2.90. The van der Waals surface area contributed by atoms with Gasteiger partial charge in [-0.1, -0.05) is 34.1 Å². The van der Waals surface area contributed by atoms with Crippen molar-refractivity contribution in [3.63, 3.8) is 0 Å². The van der Waals surface area contributed by atoms with E-state index in [-0.39, 0.29) is 35.5 Å². The smallest absolute Gasteiger partial charge is 0.408 e. The van der Waals surface area contributed by atoms with Crippen molar-refractivity contribution < 1.29 is 29.0 Å². The highest BCUT2D eigenvalue weighted by Gasteiger charge is 2.32. The van der Waals surface area contributed by atoms with Crippen molar-refractivity contribution >= 4 is 23.9 Å². The Morgan fingerprint density at radius 1 is 0.970 bits per heavy atom. The lowest BCUT2D eigenvalue weighted by Crippen LogP contribution is -2.51. The second-order valence-electron chi connectivity index (χ2n) is 10.5. The highest BCUT2D eigenvalue weighted by Crippen LogP contribution is 2.29. The maximum atomic E-state index is 12.7. The number of amides is 3. The number of ether oxygens (including phenoxy) is 1. The number of rotatable bonds is 10. The highest BCUT2D eigenvalue weighted by molar-refractivity contribution is 5.86. The maximum Gasteiger partial charge on any atom is 0.408 e. The molecule has 0 aliphatic heterocycles. The van der Waals surface area contributed by atoms with Crippen molar-refractivity contribution in [1.82, 2.24) is 16.0 Å². The molecule has 9 nitrogen and oxygen atoms in total. The molecule has 0 aromatic carbocycles. The molecular formula is C24H43N3O6. The molecule has 190 valence electrons. The van der Waals surface area contributed by atoms with Crippen LogP contribution >= 0.6 is 0 Å². The van der Waals surface area contributed by atoms with Crippen molar-refractivity contribution in [3.05, 3.63) is 0 Å². The van der Waals surface area contributed by atoms with Crippen LogP contribution in [-0.2, 0) is 19.1 Å². The van der Waals surface area contributed by atoms with E-state index < -0.39 is 29.7 Å². The van der Waals surface area contributed by atoms with Crippen LogP contribution in [-0.4, -0.2) is 53.2 Å². The Hall–Kier alpha value is -2.32. The Bertz CT molecular complexity index is 680. The number of carbonyl (C=O) groups is 4. The minimum atomic E-state index is -1.01. The fourth-order valence-corrected chi connectivity index (χ4v) is 3.91. The molecule has 0 saturated heterocycles. The van der Waals surface area contributed by atoms with E-state index in [1.165, 1.54) is 0 Å². The molecule has 0 unspecified atom stereocenters. The van der Waals surface area contributed by atoms with Crippen LogP contribution in [0.3, 0.4) is 0 Å². The predicted octanol–water partition coefficient (Wildman–Crippen LogP) is 3.07. The zero-order chi connectivity index (χ0) is 25.3. The SMILES string of the molecule is CC[C@@H](C)[C@H](NC(=O)C1CCC(CNC(=O)[C@@H](NC(=O)OC(C)(C)C)C(C)C)CC1)C(=O)O. The molecule has 0 radical (unpaired) electrons. The van der Waals surface area contributed by atoms with Crippen molar-refractivity contribution in [1.29, 1.82) is 0 Å². The minimum absolute atomic E-state index is 0.107. The number of nitrogens with one attached hydrogen (secondary N) is 3. The van der Waals surface area contributed by atoms with Crippen molar-refractivity contribution in [2.45, 2.75) is 98.3 Å². The molecule has 0 aromatic heterocycles. The second-order valence-corrected chi connectivity index (χ2v) is 10.5. The standard InChI is InChI=1S/C24H43N3O6/c1-8-15(4)19(22(30)31)26-20(28)17-11-9-16(10-12-17)13-25-21(29)18(14(2)3)27-23(32)33-24(5,6)7/h14-19H,8-13H2,1-7H3,(H,25,29)(H,26,28)(H,27,32)(H,30,31)/t15-,16?,17?,18+,19+/m1/s1. The third kappa shape index (κ3) is 10.0. The van der Waals surface area contributed by atoms with Crippen LogP contribution < -0.4 is 16.0 Å². The number of hydrogen-bond acceptors (Lipinski definition) is 5. The molecule has 1 rings (SSSR count). The molecule has 9 heteroatoms. The lowest BCUT2D eigenvalue weighted by molar-refractivity contribution is -0.144. The lowest BCUT2D eigenvalue weighted by atomic mass is 9.81. The number of aliphatic carboxylic acids is 1. The van der Waals surface area contributed by atoms with E-state index in [9.17, 15) is 24.3 Å². The van der Waals surface area contributed by atoms with E-state index in [1.807, 2.05) is 27.7 Å². The normalized spacial score (nSPS) is 21.5. The van der Waals surface area contributed by atoms with Crippen molar-refractivity contribution in [3.8, 4) is 0 Å². The zero-order valence-electron chi connectivity index (χ0n) is 21.2. The third-order valence-corrected chi connectivity index (χ3v) is 6.18. The van der Waals surface area contributed by atoms with Crippen molar-refractivity contribution in [2.75, 3.05) is 6.54 Å². The van der Waals surface area contributed by atoms with Gasteiger partial charge in [0.15, 0.2) is 0 Å². The largest absolute Gasteiger partial charge is 0.480 e. The lowest BCUT2D eigenvalue weighted by Gasteiger charge is -2.30. The average molecular weight is 470 g/mol. The van der Waals surface area contributed by atoms with Gasteiger partial charge in [-0.05, 0) is 64.2 Å². The van der Waals surface area contributed by atoms with Crippen LogP contribution in [0.5, 0.6) is 0 Å². The molecule has 1 aliphatic carbocycles. The fraction of sp³-hybridized carbons (Fsp3) is 0.833. The molecule has 3 amide bonds. The van der Waals surface area contributed by atoms with Crippen LogP contribution in [0.25, 0.3) is 0 Å². The van der Waals surface area contributed by atoms with E-state index in [2.05, 4.69) is 16.0 Å². The number of hydrogen-bond donors (Lipinski definition) is 4. The summed E-state index contributed by atoms with van der Waals surface area (Å²) in [6.45, 7) is 13.2. The van der Waals surface area contributed by atoms with Gasteiger partial charge in [0.1, 0.15) is 17.7 Å². The maximum absolute atomic E-state index is 12.7. The minimum Gasteiger partial charge on any atom is -0.480 e. The van der Waals surface area contributed by atoms with Gasteiger partial charge in [0.2, 0.25) is 11.8 Å². The third-order valence-electron chi connectivity index (χ3n) is 6.18. The summed E-state index contributed by atoms with van der Waals surface area (Å²) in [4.78, 5) is 48.8. The first-order chi connectivity index (χ1) is 15.2. The molecule has 0 bridgehead atoms. The molecule has 33 heavy (non-hydrogen) atoms. The number of alkyl carbamates (subject to hydrolysis) is 1. The number of carboxylic acid groups (broad SMARTS) is 1. The summed E-state index contributed by atoms with van der Waals surface area (Å²) in [7, 11) is 0. The van der Waals surface area contributed by atoms with E-state index >= 15 is 0 Å². The summed E-state index contributed by atoms with van der Waals surface area (Å²) >= 11 is 0. The van der Waals surface area contributed by atoms with Crippen LogP contribution in [0, 0.1) is 23.7 Å². The Morgan fingerprint density at radius 2 is 1.55 bits per heavy atom. The Labute approximate surface area is 197 Å². The van der Waals surface area contributed by atoms with Gasteiger partial charge >= 0.3 is 12.1 Å². The van der Waals surface area contributed by atoms with Gasteiger partial charge in [-0.2, -0.15) is 0 Å². The van der Waals surface area contributed by atoms with E-state index in [0.29, 0.717) is 25.8 Å². The quantitative estimate of drug-likeness (QED) is 0.388. The molecule has 3 atom stereocenters. The van der Waals surface area contributed by atoms with Gasteiger partial charge in [-0.15, -0.1) is 0 Å². The van der Waals surface area contributed by atoms with Gasteiger partial charge in [0.25, 0.3) is 0 Å². The summed E-state index contributed by atoms with van der Waals surface area (Å²) in [5.41, 5.74) is -0.647. The molecule has 4 N–H and O–H groups in total. The molecule has 1 aliphatic rings. The molecular weight excluding hydrogens is 426 g/mol. The van der Waals surface area contributed by atoms with Crippen LogP contribution in [0.15, 0.2) is 0 Å². The van der Waals surface area contributed by atoms with Crippen molar-refractivity contribution in [2.24, 2.45) is 23.7 Å². The van der Waals surface area contributed by atoms with Gasteiger partial charge in [0.05, 0.1) is 0 Å². The van der Waals surface area contributed by atoms with Crippen LogP contribution in [0.4, 0.5) is 4.79 Å². The monoisotopic (exact) mass is 469 g/mol. The first-order valence-electron chi connectivity index (χ1n) is 12.1. The molecule has 0 spiro atoms. The van der Waals surface area contributed by atoms with Gasteiger partial charge in [-0.3, -0.25) is 9.59 Å². The number of carboxylic acids is 1. The molecule has 1 saturated carbocycles. The molecule has 0 aromatic rings. The Morgan fingerprint density at radius 3 is 2.00 bits per heavy atom. The average Bonchev–Trinajstić information content (AvgIpc) is 2.72. The van der Waals surface area contributed by atoms with E-state index in [4.69, 9.17) is 4.74 Å². The van der Waals surface area contributed by atoms with Gasteiger partial charge in [-0.25, -0.2) is 9.59 Å². The Balaban J connectivity index is 2.51. The Kier molecular flexibility index (Phi) is 11.1. The highest BCUT2D eigenvalue weighted by atomic mass is 16.6. The van der Waals surface area contributed by atoms with Crippen LogP contribution in [0.2, 0.25) is 0 Å². The predicted molar refractivity (Wildman–Crippen MR) is 125 cm³/mol. The first-order valence-corrected chi connectivity index (χ1v) is 12.1. The van der Waals surface area contributed by atoms with Gasteiger partial charge in [0, 0.05) is 12.5 Å². The van der Waals surface area contributed by atoms with E-state index in [1.54, 1.807) is 20.8 Å². The molecule has 1 fully saturated rings.